The summed E-state index contributed by atoms with van der Waals surface area (Å²) in [4.78, 5) is 40.4. The van der Waals surface area contributed by atoms with Crippen LogP contribution in [0.4, 0.5) is 5.69 Å². The van der Waals surface area contributed by atoms with Crippen molar-refractivity contribution in [3.63, 3.8) is 0 Å². The maximum absolute atomic E-state index is 12.9. The van der Waals surface area contributed by atoms with Crippen molar-refractivity contribution in [1.82, 2.24) is 9.80 Å². The zero-order valence-electron chi connectivity index (χ0n) is 17.9. The van der Waals surface area contributed by atoms with Gasteiger partial charge in [-0.3, -0.25) is 19.7 Å². The second-order valence-corrected chi connectivity index (χ2v) is 9.94. The van der Waals surface area contributed by atoms with Gasteiger partial charge in [0.25, 0.3) is 11.6 Å². The summed E-state index contributed by atoms with van der Waals surface area (Å²) in [5.41, 5.74) is -0.151. The number of carbonyl (C=O) groups excluding carboxylic acids is 2. The topological polar surface area (TPSA) is 83.8 Å². The highest BCUT2D eigenvalue weighted by molar-refractivity contribution is 7.99. The molecule has 0 saturated carbocycles. The van der Waals surface area contributed by atoms with Crippen molar-refractivity contribution in [2.75, 3.05) is 31.9 Å². The van der Waals surface area contributed by atoms with E-state index in [4.69, 9.17) is 0 Å². The van der Waals surface area contributed by atoms with Crippen LogP contribution in [0.2, 0.25) is 0 Å². The fraction of sp³-hybridized carbons (Fsp3) is 0.619. The van der Waals surface area contributed by atoms with E-state index in [-0.39, 0.29) is 17.5 Å². The number of thioether (sulfide) groups is 1. The molecule has 0 bridgehead atoms. The van der Waals surface area contributed by atoms with E-state index in [2.05, 4.69) is 13.8 Å². The average molecular weight is 422 g/mol. The van der Waals surface area contributed by atoms with Gasteiger partial charge >= 0.3 is 0 Å². The molecule has 29 heavy (non-hydrogen) atoms. The Hall–Kier alpha value is -2.09. The third-order valence-corrected chi connectivity index (χ3v) is 5.95. The van der Waals surface area contributed by atoms with Crippen molar-refractivity contribution in [2.45, 2.75) is 45.9 Å². The molecule has 1 heterocycles. The van der Waals surface area contributed by atoms with E-state index in [1.54, 1.807) is 21.9 Å². The van der Waals surface area contributed by atoms with E-state index in [1.807, 2.05) is 20.8 Å². The number of hydrogen-bond acceptors (Lipinski definition) is 5. The van der Waals surface area contributed by atoms with Crippen LogP contribution in [0.15, 0.2) is 23.1 Å². The predicted molar refractivity (Wildman–Crippen MR) is 115 cm³/mol. The molecule has 1 aromatic carbocycles. The molecule has 1 saturated heterocycles. The van der Waals surface area contributed by atoms with Gasteiger partial charge in [0.1, 0.15) is 0 Å². The number of piperazine rings is 1. The minimum Gasteiger partial charge on any atom is -0.339 e. The number of benzene rings is 1. The molecular formula is C21H31N3O4S. The van der Waals surface area contributed by atoms with E-state index in [9.17, 15) is 19.7 Å². The Morgan fingerprint density at radius 1 is 1.14 bits per heavy atom. The van der Waals surface area contributed by atoms with Gasteiger partial charge in [0, 0.05) is 43.2 Å². The van der Waals surface area contributed by atoms with Gasteiger partial charge in [-0.25, -0.2) is 0 Å². The van der Waals surface area contributed by atoms with Crippen LogP contribution in [0, 0.1) is 21.4 Å². The van der Waals surface area contributed by atoms with Gasteiger partial charge in [0.15, 0.2) is 0 Å². The molecular weight excluding hydrogens is 390 g/mol. The van der Waals surface area contributed by atoms with Crippen LogP contribution in [-0.4, -0.2) is 58.5 Å². The predicted octanol–water partition coefficient (Wildman–Crippen LogP) is 4.06. The van der Waals surface area contributed by atoms with Gasteiger partial charge in [-0.1, -0.05) is 34.6 Å². The SMILES string of the molecule is CC(C)CCSc1ccc(C(=O)N2CCN(C(=O)C(C)(C)C)CC2)cc1[N+](=O)[O-]. The summed E-state index contributed by atoms with van der Waals surface area (Å²) in [7, 11) is 0. The molecule has 0 spiro atoms. The lowest BCUT2D eigenvalue weighted by atomic mass is 9.94. The lowest BCUT2D eigenvalue weighted by Crippen LogP contribution is -2.53. The Balaban J connectivity index is 2.07. The van der Waals surface area contributed by atoms with Crippen molar-refractivity contribution >= 4 is 29.3 Å². The number of nitrogens with zero attached hydrogens (tertiary/aromatic N) is 3. The van der Waals surface area contributed by atoms with Crippen molar-refractivity contribution < 1.29 is 14.5 Å². The van der Waals surface area contributed by atoms with Crippen LogP contribution in [-0.2, 0) is 4.79 Å². The molecule has 0 unspecified atom stereocenters. The first kappa shape index (κ1) is 23.2. The van der Waals surface area contributed by atoms with E-state index in [0.717, 1.165) is 12.2 Å². The molecule has 2 amide bonds. The number of rotatable bonds is 6. The lowest BCUT2D eigenvalue weighted by molar-refractivity contribution is -0.387. The number of hydrogen-bond donors (Lipinski definition) is 0. The van der Waals surface area contributed by atoms with Crippen LogP contribution in [0.3, 0.4) is 0 Å². The summed E-state index contributed by atoms with van der Waals surface area (Å²) in [6, 6.07) is 4.72. The first-order chi connectivity index (χ1) is 13.5. The summed E-state index contributed by atoms with van der Waals surface area (Å²) in [6.45, 7) is 11.7. The van der Waals surface area contributed by atoms with E-state index in [1.165, 1.54) is 17.8 Å². The fourth-order valence-corrected chi connectivity index (χ4v) is 4.34. The van der Waals surface area contributed by atoms with Gasteiger partial charge in [0.05, 0.1) is 9.82 Å². The summed E-state index contributed by atoms with van der Waals surface area (Å²) in [5.74, 6) is 1.18. The minimum atomic E-state index is -0.449. The van der Waals surface area contributed by atoms with E-state index >= 15 is 0 Å². The lowest BCUT2D eigenvalue weighted by Gasteiger charge is -2.37. The first-order valence-electron chi connectivity index (χ1n) is 10.0. The monoisotopic (exact) mass is 421 g/mol. The molecule has 1 fully saturated rings. The molecule has 0 radical (unpaired) electrons. The van der Waals surface area contributed by atoms with Crippen molar-refractivity contribution in [1.29, 1.82) is 0 Å². The van der Waals surface area contributed by atoms with Crippen molar-refractivity contribution in [2.24, 2.45) is 11.3 Å². The second-order valence-electron chi connectivity index (χ2n) is 8.80. The Labute approximate surface area is 177 Å². The molecule has 1 aromatic rings. The molecule has 2 rings (SSSR count). The molecule has 0 aliphatic carbocycles. The highest BCUT2D eigenvalue weighted by atomic mass is 32.2. The molecule has 0 atom stereocenters. The molecule has 1 aliphatic rings. The highest BCUT2D eigenvalue weighted by Crippen LogP contribution is 2.31. The number of nitro groups is 1. The second kappa shape index (κ2) is 9.61. The average Bonchev–Trinajstić information content (AvgIpc) is 2.66. The highest BCUT2D eigenvalue weighted by Gasteiger charge is 2.31. The van der Waals surface area contributed by atoms with Crippen molar-refractivity contribution in [3.05, 3.63) is 33.9 Å². The Morgan fingerprint density at radius 2 is 1.72 bits per heavy atom. The number of nitro benzene ring substituents is 1. The third-order valence-electron chi connectivity index (χ3n) is 4.85. The zero-order chi connectivity index (χ0) is 21.8. The van der Waals surface area contributed by atoms with Gasteiger partial charge < -0.3 is 9.80 Å². The fourth-order valence-electron chi connectivity index (χ4n) is 3.09. The number of amides is 2. The molecule has 160 valence electrons. The van der Waals surface area contributed by atoms with E-state index in [0.29, 0.717) is 42.6 Å². The Morgan fingerprint density at radius 3 is 2.24 bits per heavy atom. The van der Waals surface area contributed by atoms with Gasteiger partial charge in [-0.05, 0) is 30.2 Å². The van der Waals surface area contributed by atoms with Crippen LogP contribution in [0.1, 0.15) is 51.4 Å². The van der Waals surface area contributed by atoms with Crippen LogP contribution >= 0.6 is 11.8 Å². The Kier molecular flexibility index (Phi) is 7.68. The third kappa shape index (κ3) is 6.19. The van der Waals surface area contributed by atoms with Crippen LogP contribution in [0.25, 0.3) is 0 Å². The maximum Gasteiger partial charge on any atom is 0.283 e. The Bertz CT molecular complexity index is 766. The zero-order valence-corrected chi connectivity index (χ0v) is 18.8. The summed E-state index contributed by atoms with van der Waals surface area (Å²) >= 11 is 1.45. The van der Waals surface area contributed by atoms with E-state index < -0.39 is 10.3 Å². The summed E-state index contributed by atoms with van der Waals surface area (Å²) in [5, 5.41) is 11.5. The van der Waals surface area contributed by atoms with Gasteiger partial charge in [0.2, 0.25) is 5.91 Å². The quantitative estimate of drug-likeness (QED) is 0.393. The molecule has 1 aliphatic heterocycles. The maximum atomic E-state index is 12.9. The normalized spacial score (nSPS) is 15.0. The minimum absolute atomic E-state index is 0.0221. The number of carbonyl (C=O) groups is 2. The van der Waals surface area contributed by atoms with Crippen molar-refractivity contribution in [3.8, 4) is 0 Å². The molecule has 0 aromatic heterocycles. The van der Waals surface area contributed by atoms with Crippen LogP contribution in [0.5, 0.6) is 0 Å². The standard InChI is InChI=1S/C21H31N3O4S/c1-15(2)8-13-29-18-7-6-16(14-17(18)24(27)28)19(25)22-9-11-23(12-10-22)20(26)21(3,4)5/h6-7,14-15H,8-13H2,1-5H3. The smallest absolute Gasteiger partial charge is 0.283 e. The largest absolute Gasteiger partial charge is 0.339 e. The van der Waals surface area contributed by atoms with Gasteiger partial charge in [-0.2, -0.15) is 0 Å². The van der Waals surface area contributed by atoms with Crippen LogP contribution < -0.4 is 0 Å². The summed E-state index contributed by atoms with van der Waals surface area (Å²) in [6.07, 6.45) is 0.972. The molecule has 7 nitrogen and oxygen atoms in total. The molecule has 8 heteroatoms. The van der Waals surface area contributed by atoms with Gasteiger partial charge in [-0.15, -0.1) is 11.8 Å². The summed E-state index contributed by atoms with van der Waals surface area (Å²) < 4.78 is 0. The first-order valence-corrected chi connectivity index (χ1v) is 11.0. The molecule has 0 N–H and O–H groups in total.